The Labute approximate surface area is 87.2 Å². The van der Waals surface area contributed by atoms with Gasteiger partial charge in [-0.25, -0.2) is 4.98 Å². The fraction of sp³-hybridized carbons (Fsp3) is 0.375. The molecule has 0 saturated heterocycles. The highest BCUT2D eigenvalue weighted by Crippen LogP contribution is 2.31. The van der Waals surface area contributed by atoms with Crippen LogP contribution in [0.15, 0.2) is 12.3 Å². The fourth-order valence-electron chi connectivity index (χ4n) is 0.928. The summed E-state index contributed by atoms with van der Waals surface area (Å²) in [7, 11) is 1.39. The second-order valence-corrected chi connectivity index (χ2v) is 3.07. The first-order valence-corrected chi connectivity index (χ1v) is 4.77. The average molecular weight is 270 g/mol. The second-order valence-electron chi connectivity index (χ2n) is 2.51. The fourth-order valence-corrected chi connectivity index (χ4v) is 1.37. The summed E-state index contributed by atoms with van der Waals surface area (Å²) in [4.78, 5) is 3.26. The Hall–Kier alpha value is -0.780. The third-order valence-electron chi connectivity index (χ3n) is 1.60. The largest absolute Gasteiger partial charge is 0.495 e. The van der Waals surface area contributed by atoms with Gasteiger partial charge in [0.1, 0.15) is 11.4 Å². The van der Waals surface area contributed by atoms with Gasteiger partial charge < -0.3 is 4.74 Å². The molecule has 0 amide bonds. The van der Waals surface area contributed by atoms with Crippen molar-refractivity contribution in [3.05, 3.63) is 23.5 Å². The standard InChI is InChI=1S/C8H7BrF3NO/c1-14-6-4-13-7(8(10,11)12)2-5(6)3-9/h2,4H,3H2,1H3. The number of ether oxygens (including phenoxy) is 1. The van der Waals surface area contributed by atoms with E-state index in [-0.39, 0.29) is 0 Å². The molecule has 1 heterocycles. The van der Waals surface area contributed by atoms with Crippen LogP contribution in [0, 0.1) is 0 Å². The molecule has 0 bridgehead atoms. The summed E-state index contributed by atoms with van der Waals surface area (Å²) in [6, 6.07) is 0.966. The molecule has 0 fully saturated rings. The zero-order chi connectivity index (χ0) is 10.8. The van der Waals surface area contributed by atoms with Crippen molar-refractivity contribution in [3.8, 4) is 5.75 Å². The first kappa shape index (κ1) is 11.3. The van der Waals surface area contributed by atoms with Crippen LogP contribution in [0.5, 0.6) is 5.75 Å². The molecule has 0 aliphatic rings. The SMILES string of the molecule is COc1cnc(C(F)(F)F)cc1CBr. The summed E-state index contributed by atoms with van der Waals surface area (Å²) < 4.78 is 41.5. The van der Waals surface area contributed by atoms with Gasteiger partial charge >= 0.3 is 6.18 Å². The van der Waals surface area contributed by atoms with Gasteiger partial charge in [0, 0.05) is 10.9 Å². The zero-order valence-corrected chi connectivity index (χ0v) is 8.82. The van der Waals surface area contributed by atoms with Crippen molar-refractivity contribution in [3.63, 3.8) is 0 Å². The summed E-state index contributed by atoms with van der Waals surface area (Å²) >= 11 is 3.07. The van der Waals surface area contributed by atoms with Crippen LogP contribution in [-0.4, -0.2) is 12.1 Å². The number of alkyl halides is 4. The number of rotatable bonds is 2. The van der Waals surface area contributed by atoms with Gasteiger partial charge in [-0.05, 0) is 6.07 Å². The lowest BCUT2D eigenvalue weighted by molar-refractivity contribution is -0.141. The minimum absolute atomic E-state index is 0.293. The number of hydrogen-bond acceptors (Lipinski definition) is 2. The van der Waals surface area contributed by atoms with Crippen LogP contribution in [0.25, 0.3) is 0 Å². The molecule has 1 aromatic rings. The minimum Gasteiger partial charge on any atom is -0.495 e. The first-order valence-electron chi connectivity index (χ1n) is 3.65. The highest BCUT2D eigenvalue weighted by atomic mass is 79.9. The Kier molecular flexibility index (Phi) is 3.36. The van der Waals surface area contributed by atoms with Crippen LogP contribution in [0.1, 0.15) is 11.3 Å². The molecule has 0 N–H and O–H groups in total. The van der Waals surface area contributed by atoms with E-state index in [1.165, 1.54) is 7.11 Å². The predicted molar refractivity (Wildman–Crippen MR) is 48.4 cm³/mol. The monoisotopic (exact) mass is 269 g/mol. The third kappa shape index (κ3) is 2.37. The second kappa shape index (κ2) is 4.16. The quantitative estimate of drug-likeness (QED) is 0.771. The van der Waals surface area contributed by atoms with Crippen LogP contribution < -0.4 is 4.74 Å². The molecule has 78 valence electrons. The molecule has 0 atom stereocenters. The molecule has 0 unspecified atom stereocenters. The van der Waals surface area contributed by atoms with Gasteiger partial charge in [0.05, 0.1) is 13.3 Å². The van der Waals surface area contributed by atoms with Crippen molar-refractivity contribution in [2.24, 2.45) is 0 Å². The molecule has 1 aromatic heterocycles. The Balaban J connectivity index is 3.14. The maximum absolute atomic E-state index is 12.2. The van der Waals surface area contributed by atoms with Crippen molar-refractivity contribution >= 4 is 15.9 Å². The maximum atomic E-state index is 12.2. The number of pyridine rings is 1. The van der Waals surface area contributed by atoms with Gasteiger partial charge in [-0.3, -0.25) is 0 Å². The van der Waals surface area contributed by atoms with E-state index in [2.05, 4.69) is 20.9 Å². The molecule has 14 heavy (non-hydrogen) atoms. The molecule has 0 radical (unpaired) electrons. The van der Waals surface area contributed by atoms with Crippen molar-refractivity contribution in [1.82, 2.24) is 4.98 Å². The summed E-state index contributed by atoms with van der Waals surface area (Å²) in [6.07, 6.45) is -3.34. The Bertz CT molecular complexity index is 327. The Morgan fingerprint density at radius 2 is 2.14 bits per heavy atom. The number of nitrogens with zero attached hydrogens (tertiary/aromatic N) is 1. The third-order valence-corrected chi connectivity index (χ3v) is 2.21. The molecule has 0 aliphatic heterocycles. The summed E-state index contributed by atoms with van der Waals surface area (Å²) in [6.45, 7) is 0. The van der Waals surface area contributed by atoms with E-state index in [0.29, 0.717) is 16.6 Å². The lowest BCUT2D eigenvalue weighted by Crippen LogP contribution is -2.08. The van der Waals surface area contributed by atoms with Gasteiger partial charge in [0.2, 0.25) is 0 Å². The summed E-state index contributed by atoms with van der Waals surface area (Å²) in [5.74, 6) is 0.342. The van der Waals surface area contributed by atoms with Gasteiger partial charge in [-0.2, -0.15) is 13.2 Å². The first-order chi connectivity index (χ1) is 6.49. The van der Waals surface area contributed by atoms with E-state index < -0.39 is 11.9 Å². The van der Waals surface area contributed by atoms with Crippen molar-refractivity contribution in [1.29, 1.82) is 0 Å². The van der Waals surface area contributed by atoms with Crippen LogP contribution in [0.2, 0.25) is 0 Å². The molecular formula is C8H7BrF3NO. The number of aromatic nitrogens is 1. The molecule has 6 heteroatoms. The lowest BCUT2D eigenvalue weighted by atomic mass is 10.2. The predicted octanol–water partition coefficient (Wildman–Crippen LogP) is 3.00. The van der Waals surface area contributed by atoms with Crippen LogP contribution in [0.4, 0.5) is 13.2 Å². The molecule has 0 spiro atoms. The summed E-state index contributed by atoms with van der Waals surface area (Å²) in [5, 5.41) is 0.293. The van der Waals surface area contributed by atoms with E-state index in [0.717, 1.165) is 12.3 Å². The molecule has 1 rings (SSSR count). The Morgan fingerprint density at radius 3 is 2.57 bits per heavy atom. The number of hydrogen-bond donors (Lipinski definition) is 0. The molecule has 2 nitrogen and oxygen atoms in total. The van der Waals surface area contributed by atoms with E-state index in [1.807, 2.05) is 0 Å². The average Bonchev–Trinajstić information content (AvgIpc) is 2.15. The molecule has 0 saturated carbocycles. The molecule has 0 aliphatic carbocycles. The highest BCUT2D eigenvalue weighted by Gasteiger charge is 2.32. The molecule has 0 aromatic carbocycles. The number of halogens is 4. The van der Waals surface area contributed by atoms with Crippen LogP contribution in [0.3, 0.4) is 0 Å². The van der Waals surface area contributed by atoms with Gasteiger partial charge in [-0.15, -0.1) is 0 Å². The van der Waals surface area contributed by atoms with E-state index >= 15 is 0 Å². The molecular weight excluding hydrogens is 263 g/mol. The van der Waals surface area contributed by atoms with Crippen LogP contribution in [-0.2, 0) is 11.5 Å². The smallest absolute Gasteiger partial charge is 0.433 e. The normalized spacial score (nSPS) is 11.5. The highest BCUT2D eigenvalue weighted by molar-refractivity contribution is 9.08. The topological polar surface area (TPSA) is 22.1 Å². The van der Waals surface area contributed by atoms with Crippen molar-refractivity contribution in [2.45, 2.75) is 11.5 Å². The lowest BCUT2D eigenvalue weighted by Gasteiger charge is -2.09. The van der Waals surface area contributed by atoms with Gasteiger partial charge in [-0.1, -0.05) is 15.9 Å². The number of methoxy groups -OCH3 is 1. The van der Waals surface area contributed by atoms with Gasteiger partial charge in [0.25, 0.3) is 0 Å². The van der Waals surface area contributed by atoms with Gasteiger partial charge in [0.15, 0.2) is 0 Å². The van der Waals surface area contributed by atoms with E-state index in [4.69, 9.17) is 4.74 Å². The van der Waals surface area contributed by atoms with E-state index in [9.17, 15) is 13.2 Å². The minimum atomic E-state index is -4.41. The summed E-state index contributed by atoms with van der Waals surface area (Å²) in [5.41, 5.74) is -0.484. The van der Waals surface area contributed by atoms with E-state index in [1.54, 1.807) is 0 Å². The van der Waals surface area contributed by atoms with Crippen LogP contribution >= 0.6 is 15.9 Å². The Morgan fingerprint density at radius 1 is 1.50 bits per heavy atom. The maximum Gasteiger partial charge on any atom is 0.433 e. The van der Waals surface area contributed by atoms with Crippen molar-refractivity contribution < 1.29 is 17.9 Å². The zero-order valence-electron chi connectivity index (χ0n) is 7.23. The van der Waals surface area contributed by atoms with Crippen molar-refractivity contribution in [2.75, 3.05) is 7.11 Å².